The molecule has 0 aliphatic carbocycles. The predicted octanol–water partition coefficient (Wildman–Crippen LogP) is 1.12. The summed E-state index contributed by atoms with van der Waals surface area (Å²) in [6.45, 7) is 6.47. The van der Waals surface area contributed by atoms with Crippen LogP contribution in [0.2, 0.25) is 0 Å². The van der Waals surface area contributed by atoms with Crippen LogP contribution in [0.5, 0.6) is 0 Å². The zero-order valence-electron chi connectivity index (χ0n) is 11.6. The Morgan fingerprint density at radius 2 is 2.42 bits per heavy atom. The fourth-order valence-corrected chi connectivity index (χ4v) is 2.40. The van der Waals surface area contributed by atoms with Crippen molar-refractivity contribution in [3.05, 3.63) is 18.0 Å². The second-order valence-electron chi connectivity index (χ2n) is 5.15. The first-order chi connectivity index (χ1) is 8.65. The van der Waals surface area contributed by atoms with Gasteiger partial charge in [0.2, 0.25) is 5.91 Å². The van der Waals surface area contributed by atoms with Crippen molar-refractivity contribution in [2.45, 2.75) is 39.3 Å². The zero-order chi connectivity index (χ0) is 13.0. The molecule has 108 valence electrons. The van der Waals surface area contributed by atoms with Gasteiger partial charge in [-0.15, -0.1) is 12.4 Å². The van der Waals surface area contributed by atoms with Gasteiger partial charge in [0.25, 0.3) is 0 Å². The molecule has 1 aromatic heterocycles. The molecule has 1 amide bonds. The van der Waals surface area contributed by atoms with Crippen molar-refractivity contribution >= 4 is 18.3 Å². The minimum absolute atomic E-state index is 0. The molecule has 1 saturated heterocycles. The summed E-state index contributed by atoms with van der Waals surface area (Å²) in [5.74, 6) is 0.354. The maximum Gasteiger partial charge on any atom is 0.223 e. The van der Waals surface area contributed by atoms with E-state index < -0.39 is 0 Å². The number of carbonyl (C=O) groups is 1. The van der Waals surface area contributed by atoms with E-state index in [1.54, 1.807) is 0 Å². The first-order valence-electron chi connectivity index (χ1n) is 6.65. The van der Waals surface area contributed by atoms with E-state index in [0.29, 0.717) is 12.6 Å². The lowest BCUT2D eigenvalue weighted by molar-refractivity contribution is -0.126. The first kappa shape index (κ1) is 16.0. The van der Waals surface area contributed by atoms with Crippen LogP contribution in [0.25, 0.3) is 0 Å². The zero-order valence-corrected chi connectivity index (χ0v) is 12.4. The molecular weight excluding hydrogens is 264 g/mol. The maximum absolute atomic E-state index is 12.0. The monoisotopic (exact) mass is 286 g/mol. The van der Waals surface area contributed by atoms with E-state index in [0.717, 1.165) is 31.5 Å². The molecule has 5 nitrogen and oxygen atoms in total. The smallest absolute Gasteiger partial charge is 0.223 e. The molecule has 19 heavy (non-hydrogen) atoms. The van der Waals surface area contributed by atoms with Crippen LogP contribution in [0.15, 0.2) is 12.4 Å². The van der Waals surface area contributed by atoms with Crippen molar-refractivity contribution in [1.82, 2.24) is 20.4 Å². The molecule has 0 radical (unpaired) electrons. The third kappa shape index (κ3) is 4.84. The quantitative estimate of drug-likeness (QED) is 0.872. The van der Waals surface area contributed by atoms with Gasteiger partial charge in [0.05, 0.1) is 12.7 Å². The number of nitrogens with zero attached hydrogens (tertiary/aromatic N) is 2. The minimum atomic E-state index is 0. The molecule has 0 unspecified atom stereocenters. The minimum Gasteiger partial charge on any atom is -0.354 e. The number of hydrogen-bond donors (Lipinski definition) is 2. The Bertz CT molecular complexity index is 407. The largest absolute Gasteiger partial charge is 0.354 e. The summed E-state index contributed by atoms with van der Waals surface area (Å²) in [5, 5.41) is 10.6. The molecule has 2 rings (SSSR count). The lowest BCUT2D eigenvalue weighted by atomic mass is 9.92. The normalized spacial score (nSPS) is 22.6. The van der Waals surface area contributed by atoms with Crippen LogP contribution in [-0.2, 0) is 11.3 Å². The van der Waals surface area contributed by atoms with Crippen LogP contribution in [-0.4, -0.2) is 34.8 Å². The summed E-state index contributed by atoms with van der Waals surface area (Å²) in [4.78, 5) is 12.0. The molecule has 1 aliphatic heterocycles. The van der Waals surface area contributed by atoms with Crippen LogP contribution in [0.4, 0.5) is 0 Å². The fraction of sp³-hybridized carbons (Fsp3) is 0.692. The van der Waals surface area contributed by atoms with Gasteiger partial charge < -0.3 is 10.6 Å². The number of aromatic nitrogens is 2. The molecule has 2 heterocycles. The van der Waals surface area contributed by atoms with E-state index in [2.05, 4.69) is 22.7 Å². The lowest BCUT2D eigenvalue weighted by Crippen LogP contribution is -2.43. The first-order valence-corrected chi connectivity index (χ1v) is 6.65. The van der Waals surface area contributed by atoms with Gasteiger partial charge in [-0.25, -0.2) is 0 Å². The van der Waals surface area contributed by atoms with Crippen molar-refractivity contribution < 1.29 is 4.79 Å². The molecule has 2 atom stereocenters. The molecule has 0 aromatic carbocycles. The predicted molar refractivity (Wildman–Crippen MR) is 77.4 cm³/mol. The van der Waals surface area contributed by atoms with Crippen LogP contribution in [0, 0.1) is 12.8 Å². The molecule has 6 heteroatoms. The van der Waals surface area contributed by atoms with Crippen LogP contribution in [0.1, 0.15) is 25.3 Å². The molecular formula is C13H23ClN4O. The average molecular weight is 287 g/mol. The van der Waals surface area contributed by atoms with Gasteiger partial charge in [0.15, 0.2) is 0 Å². The van der Waals surface area contributed by atoms with Gasteiger partial charge in [0.1, 0.15) is 0 Å². The summed E-state index contributed by atoms with van der Waals surface area (Å²) in [5.41, 5.74) is 1.15. The third-order valence-corrected chi connectivity index (χ3v) is 3.40. The Morgan fingerprint density at radius 1 is 1.63 bits per heavy atom. The van der Waals surface area contributed by atoms with Crippen LogP contribution in [0.3, 0.4) is 0 Å². The fourth-order valence-electron chi connectivity index (χ4n) is 2.40. The summed E-state index contributed by atoms with van der Waals surface area (Å²) in [7, 11) is 0. The van der Waals surface area contributed by atoms with E-state index in [9.17, 15) is 4.79 Å². The van der Waals surface area contributed by atoms with E-state index in [1.807, 2.05) is 24.0 Å². The van der Waals surface area contributed by atoms with Gasteiger partial charge >= 0.3 is 0 Å². The molecule has 0 saturated carbocycles. The van der Waals surface area contributed by atoms with E-state index in [4.69, 9.17) is 0 Å². The number of aryl methyl sites for hydroxylation is 1. The topological polar surface area (TPSA) is 59.0 Å². The Kier molecular flexibility index (Phi) is 6.31. The Labute approximate surface area is 120 Å². The van der Waals surface area contributed by atoms with Gasteiger partial charge in [-0.05, 0) is 38.8 Å². The lowest BCUT2D eigenvalue weighted by Gasteiger charge is -2.27. The van der Waals surface area contributed by atoms with Gasteiger partial charge in [-0.2, -0.15) is 5.10 Å². The van der Waals surface area contributed by atoms with Crippen molar-refractivity contribution in [1.29, 1.82) is 0 Å². The second-order valence-corrected chi connectivity index (χ2v) is 5.15. The number of rotatable bonds is 4. The van der Waals surface area contributed by atoms with Crippen molar-refractivity contribution in [3.8, 4) is 0 Å². The average Bonchev–Trinajstić information content (AvgIpc) is 2.75. The summed E-state index contributed by atoms with van der Waals surface area (Å²) in [6, 6.07) is 0.447. The highest BCUT2D eigenvalue weighted by Gasteiger charge is 2.24. The van der Waals surface area contributed by atoms with Crippen LogP contribution < -0.4 is 10.6 Å². The third-order valence-electron chi connectivity index (χ3n) is 3.40. The molecule has 1 aromatic rings. The van der Waals surface area contributed by atoms with Crippen molar-refractivity contribution in [2.75, 3.05) is 13.1 Å². The standard InChI is InChI=1S/C13H22N4O.ClH/c1-10-8-16-17(9-10)6-5-15-13(18)12-3-4-14-11(2)7-12;/h8-9,11-12,14H,3-7H2,1-2H3,(H,15,18);1H/t11-,12-;/m0./s1. The Hall–Kier alpha value is -1.07. The summed E-state index contributed by atoms with van der Waals surface area (Å²) >= 11 is 0. The van der Waals surface area contributed by atoms with Gasteiger partial charge in [0, 0.05) is 24.7 Å². The summed E-state index contributed by atoms with van der Waals surface area (Å²) < 4.78 is 1.86. The van der Waals surface area contributed by atoms with Crippen molar-refractivity contribution in [3.63, 3.8) is 0 Å². The van der Waals surface area contributed by atoms with E-state index >= 15 is 0 Å². The van der Waals surface area contributed by atoms with Gasteiger partial charge in [-0.1, -0.05) is 0 Å². The molecule has 2 N–H and O–H groups in total. The highest BCUT2D eigenvalue weighted by atomic mass is 35.5. The molecule has 1 fully saturated rings. The number of piperidine rings is 1. The van der Waals surface area contributed by atoms with E-state index in [-0.39, 0.29) is 24.2 Å². The van der Waals surface area contributed by atoms with Crippen molar-refractivity contribution in [2.24, 2.45) is 5.92 Å². The molecule has 1 aliphatic rings. The number of hydrogen-bond acceptors (Lipinski definition) is 3. The highest BCUT2D eigenvalue weighted by molar-refractivity contribution is 5.85. The maximum atomic E-state index is 12.0. The SMILES string of the molecule is Cc1cnn(CCNC(=O)[C@H]2CCN[C@@H](C)C2)c1.Cl. The Balaban J connectivity index is 0.00000180. The van der Waals surface area contributed by atoms with Gasteiger partial charge in [-0.3, -0.25) is 9.48 Å². The highest BCUT2D eigenvalue weighted by Crippen LogP contribution is 2.15. The molecule has 0 spiro atoms. The number of amides is 1. The number of carbonyl (C=O) groups excluding carboxylic acids is 1. The van der Waals surface area contributed by atoms with Crippen LogP contribution >= 0.6 is 12.4 Å². The number of nitrogens with one attached hydrogen (secondary N) is 2. The van der Waals surface area contributed by atoms with E-state index in [1.165, 1.54) is 0 Å². The summed E-state index contributed by atoms with van der Waals surface area (Å²) in [6.07, 6.45) is 5.69. The molecule has 0 bridgehead atoms. The second kappa shape index (κ2) is 7.50. The number of halogens is 1. The Morgan fingerprint density at radius 3 is 3.05 bits per heavy atom.